The van der Waals surface area contributed by atoms with E-state index in [4.69, 9.17) is 0 Å². The molecule has 2 aromatic rings. The number of thiazole rings is 1. The van der Waals surface area contributed by atoms with Gasteiger partial charge >= 0.3 is 0 Å². The van der Waals surface area contributed by atoms with Gasteiger partial charge in [-0.15, -0.1) is 11.3 Å². The Morgan fingerprint density at radius 2 is 1.89 bits per heavy atom. The number of nitrogens with one attached hydrogen (secondary N) is 1. The van der Waals surface area contributed by atoms with Crippen LogP contribution in [0.25, 0.3) is 0 Å². The highest BCUT2D eigenvalue weighted by Crippen LogP contribution is 2.17. The van der Waals surface area contributed by atoms with Gasteiger partial charge in [-0.25, -0.2) is 4.98 Å². The van der Waals surface area contributed by atoms with E-state index in [9.17, 15) is 0 Å². The van der Waals surface area contributed by atoms with Gasteiger partial charge in [-0.1, -0.05) is 19.1 Å². The maximum Gasteiger partial charge on any atom is 0.0948 e. The van der Waals surface area contributed by atoms with Gasteiger partial charge in [-0.2, -0.15) is 0 Å². The molecule has 1 heterocycles. The molecule has 3 heteroatoms. The van der Waals surface area contributed by atoms with Crippen LogP contribution in [0.3, 0.4) is 0 Å². The summed E-state index contributed by atoms with van der Waals surface area (Å²) in [5.41, 5.74) is 3.74. The number of rotatable bonds is 5. The van der Waals surface area contributed by atoms with Crippen molar-refractivity contribution in [1.29, 1.82) is 0 Å². The molecule has 0 radical (unpaired) electrons. The first kappa shape index (κ1) is 13.1. The fourth-order valence-corrected chi connectivity index (χ4v) is 2.75. The highest BCUT2D eigenvalue weighted by Gasteiger charge is 2.02. The van der Waals surface area contributed by atoms with Gasteiger partial charge in [0.15, 0.2) is 0 Å². The Kier molecular flexibility index (Phi) is 4.37. The first-order valence-electron chi connectivity index (χ1n) is 6.44. The average Bonchev–Trinajstić information content (AvgIpc) is 2.69. The van der Waals surface area contributed by atoms with Crippen LogP contribution in [-0.4, -0.2) is 11.5 Å². The minimum Gasteiger partial charge on any atom is -0.385 e. The molecule has 0 atom stereocenters. The second-order valence-corrected chi connectivity index (χ2v) is 5.76. The molecule has 0 bridgehead atoms. The molecule has 0 saturated carbocycles. The predicted molar refractivity (Wildman–Crippen MR) is 79.6 cm³/mol. The fraction of sp³-hybridized carbons (Fsp3) is 0.400. The number of nitrogens with zero attached hydrogens (tertiary/aromatic N) is 1. The van der Waals surface area contributed by atoms with E-state index in [1.54, 1.807) is 11.3 Å². The molecule has 18 heavy (non-hydrogen) atoms. The molecule has 0 aliphatic carbocycles. The summed E-state index contributed by atoms with van der Waals surface area (Å²) < 4.78 is 0. The van der Waals surface area contributed by atoms with Crippen molar-refractivity contribution in [3.8, 4) is 0 Å². The molecule has 0 spiro atoms. The lowest BCUT2D eigenvalue weighted by Gasteiger charge is -2.05. The molecule has 1 aromatic carbocycles. The smallest absolute Gasteiger partial charge is 0.0948 e. The van der Waals surface area contributed by atoms with Gasteiger partial charge in [-0.05, 0) is 38.0 Å². The van der Waals surface area contributed by atoms with Crippen molar-refractivity contribution in [3.05, 3.63) is 45.4 Å². The maximum absolute atomic E-state index is 4.55. The summed E-state index contributed by atoms with van der Waals surface area (Å²) in [7, 11) is 0. The van der Waals surface area contributed by atoms with E-state index < -0.39 is 0 Å². The summed E-state index contributed by atoms with van der Waals surface area (Å²) >= 11 is 1.80. The summed E-state index contributed by atoms with van der Waals surface area (Å²) in [6, 6.07) is 8.66. The van der Waals surface area contributed by atoms with Gasteiger partial charge in [0.1, 0.15) is 0 Å². The Hall–Kier alpha value is -1.35. The zero-order valence-corrected chi connectivity index (χ0v) is 12.1. The summed E-state index contributed by atoms with van der Waals surface area (Å²) in [6.07, 6.45) is 2.09. The van der Waals surface area contributed by atoms with Gasteiger partial charge in [0.25, 0.3) is 0 Å². The Morgan fingerprint density at radius 3 is 2.44 bits per heavy atom. The third-order valence-corrected chi connectivity index (χ3v) is 4.24. The van der Waals surface area contributed by atoms with E-state index in [1.807, 2.05) is 0 Å². The lowest BCUT2D eigenvalue weighted by atomic mass is 10.1. The Balaban J connectivity index is 1.84. The van der Waals surface area contributed by atoms with Crippen molar-refractivity contribution in [2.75, 3.05) is 11.9 Å². The largest absolute Gasteiger partial charge is 0.385 e. The molecule has 0 fully saturated rings. The van der Waals surface area contributed by atoms with Gasteiger partial charge in [-0.3, -0.25) is 0 Å². The molecule has 0 amide bonds. The number of aromatic nitrogens is 1. The molecule has 0 aliphatic rings. The first-order chi connectivity index (χ1) is 8.69. The van der Waals surface area contributed by atoms with Crippen molar-refractivity contribution in [1.82, 2.24) is 4.98 Å². The number of hydrogen-bond donors (Lipinski definition) is 1. The molecule has 0 unspecified atom stereocenters. The number of benzene rings is 1. The third-order valence-electron chi connectivity index (χ3n) is 3.10. The summed E-state index contributed by atoms with van der Waals surface area (Å²) in [4.78, 5) is 5.88. The maximum atomic E-state index is 4.55. The van der Waals surface area contributed by atoms with E-state index in [-0.39, 0.29) is 0 Å². The van der Waals surface area contributed by atoms with Crippen molar-refractivity contribution in [2.24, 2.45) is 0 Å². The van der Waals surface area contributed by atoms with Crippen LogP contribution in [0.15, 0.2) is 24.3 Å². The van der Waals surface area contributed by atoms with Crippen LogP contribution in [0.1, 0.15) is 28.1 Å². The molecule has 2 rings (SSSR count). The number of aryl methyl sites for hydroxylation is 3. The van der Waals surface area contributed by atoms with E-state index in [1.165, 1.54) is 26.8 Å². The standard InChI is InChI=1S/C15H20N2S/c1-4-13-5-7-14(8-6-13)16-10-9-15-17-11(2)12(3)18-15/h5-8,16H,4,9-10H2,1-3H3. The van der Waals surface area contributed by atoms with Crippen LogP contribution < -0.4 is 5.32 Å². The number of anilines is 1. The van der Waals surface area contributed by atoms with Crippen LogP contribution in [0.5, 0.6) is 0 Å². The van der Waals surface area contributed by atoms with Crippen LogP contribution in [0.4, 0.5) is 5.69 Å². The second-order valence-electron chi connectivity index (χ2n) is 4.48. The summed E-state index contributed by atoms with van der Waals surface area (Å²) in [6.45, 7) is 7.33. The molecule has 0 aliphatic heterocycles. The van der Waals surface area contributed by atoms with Crippen LogP contribution in [0, 0.1) is 13.8 Å². The van der Waals surface area contributed by atoms with E-state index in [0.29, 0.717) is 0 Å². The van der Waals surface area contributed by atoms with Crippen LogP contribution in [0.2, 0.25) is 0 Å². The minimum atomic E-state index is 0.942. The SMILES string of the molecule is CCc1ccc(NCCc2nc(C)c(C)s2)cc1. The summed E-state index contributed by atoms with van der Waals surface area (Å²) in [5.74, 6) is 0. The van der Waals surface area contributed by atoms with E-state index in [0.717, 1.165) is 19.4 Å². The third kappa shape index (κ3) is 3.33. The van der Waals surface area contributed by atoms with Gasteiger partial charge in [0, 0.05) is 23.5 Å². The molecule has 0 saturated heterocycles. The lowest BCUT2D eigenvalue weighted by Crippen LogP contribution is -2.04. The monoisotopic (exact) mass is 260 g/mol. The van der Waals surface area contributed by atoms with E-state index >= 15 is 0 Å². The van der Waals surface area contributed by atoms with Crippen molar-refractivity contribution in [2.45, 2.75) is 33.6 Å². The second kappa shape index (κ2) is 6.01. The molecule has 1 N–H and O–H groups in total. The van der Waals surface area contributed by atoms with Crippen LogP contribution >= 0.6 is 11.3 Å². The average molecular weight is 260 g/mol. The fourth-order valence-electron chi connectivity index (χ4n) is 1.82. The molecular weight excluding hydrogens is 240 g/mol. The predicted octanol–water partition coefficient (Wildman–Crippen LogP) is 3.98. The highest BCUT2D eigenvalue weighted by molar-refractivity contribution is 7.11. The topological polar surface area (TPSA) is 24.9 Å². The highest BCUT2D eigenvalue weighted by atomic mass is 32.1. The Bertz CT molecular complexity index is 480. The molecule has 1 aromatic heterocycles. The zero-order chi connectivity index (χ0) is 13.0. The minimum absolute atomic E-state index is 0.942. The zero-order valence-electron chi connectivity index (χ0n) is 11.3. The van der Waals surface area contributed by atoms with Crippen molar-refractivity contribution >= 4 is 17.0 Å². The summed E-state index contributed by atoms with van der Waals surface area (Å²) in [5, 5.41) is 4.66. The Morgan fingerprint density at radius 1 is 1.17 bits per heavy atom. The first-order valence-corrected chi connectivity index (χ1v) is 7.26. The molecule has 2 nitrogen and oxygen atoms in total. The van der Waals surface area contributed by atoms with Crippen molar-refractivity contribution < 1.29 is 0 Å². The molecular formula is C15H20N2S. The van der Waals surface area contributed by atoms with Crippen LogP contribution in [-0.2, 0) is 12.8 Å². The molecule has 96 valence electrons. The van der Waals surface area contributed by atoms with Gasteiger partial charge in [0.2, 0.25) is 0 Å². The normalized spacial score (nSPS) is 10.6. The van der Waals surface area contributed by atoms with Gasteiger partial charge in [0.05, 0.1) is 10.7 Å². The Labute approximate surface area is 113 Å². The van der Waals surface area contributed by atoms with E-state index in [2.05, 4.69) is 55.3 Å². The number of hydrogen-bond acceptors (Lipinski definition) is 3. The quantitative estimate of drug-likeness (QED) is 0.879. The lowest BCUT2D eigenvalue weighted by molar-refractivity contribution is 0.985. The van der Waals surface area contributed by atoms with Crippen molar-refractivity contribution in [3.63, 3.8) is 0 Å². The van der Waals surface area contributed by atoms with Gasteiger partial charge < -0.3 is 5.32 Å².